The highest BCUT2D eigenvalue weighted by Gasteiger charge is 2.20. The van der Waals surface area contributed by atoms with Crippen LogP contribution in [0.2, 0.25) is 0 Å². The summed E-state index contributed by atoms with van der Waals surface area (Å²) in [4.78, 5) is 2.94. The van der Waals surface area contributed by atoms with Crippen molar-refractivity contribution < 1.29 is 9.47 Å². The van der Waals surface area contributed by atoms with Gasteiger partial charge in [0.2, 0.25) is 5.91 Å². The lowest BCUT2D eigenvalue weighted by molar-refractivity contribution is -0.177. The Labute approximate surface area is 58.5 Å². The maximum Gasteiger partial charge on any atom is 0.240 e. The lowest BCUT2D eigenvalue weighted by Crippen LogP contribution is -2.45. The lowest BCUT2D eigenvalue weighted by Gasteiger charge is -2.26. The molecule has 0 saturated heterocycles. The Hall–Kier alpha value is -0.163. The van der Waals surface area contributed by atoms with Crippen LogP contribution in [-0.4, -0.2) is 30.5 Å². The molecule has 3 nitrogen and oxygen atoms in total. The van der Waals surface area contributed by atoms with Crippen LogP contribution in [0.1, 0.15) is 0 Å². The van der Waals surface area contributed by atoms with Gasteiger partial charge < -0.3 is 9.47 Å². The molecule has 0 aliphatic heterocycles. The molecular formula is C5H13NO2Si. The average Bonchev–Trinajstić information content (AvgIpc) is 1.95. The standard InChI is InChI=1S/C5H13NO2Si/c1-4-5(6-9,7-2)8-3/h4,6H,1H2,2-3,9H3. The quantitative estimate of drug-likeness (QED) is 0.314. The van der Waals surface area contributed by atoms with Crippen LogP contribution in [-0.2, 0) is 9.47 Å². The molecule has 1 N–H and O–H groups in total. The van der Waals surface area contributed by atoms with E-state index >= 15 is 0 Å². The Kier molecular flexibility index (Phi) is 3.72. The fraction of sp³-hybridized carbons (Fsp3) is 0.600. The summed E-state index contributed by atoms with van der Waals surface area (Å²) in [5, 5.41) is 0. The third-order valence-electron chi connectivity index (χ3n) is 1.22. The summed E-state index contributed by atoms with van der Waals surface area (Å²) in [5.41, 5.74) is 0. The number of hydrogen-bond donors (Lipinski definition) is 1. The van der Waals surface area contributed by atoms with E-state index in [1.807, 2.05) is 0 Å². The first-order chi connectivity index (χ1) is 4.24. The van der Waals surface area contributed by atoms with Gasteiger partial charge in [0, 0.05) is 14.2 Å². The van der Waals surface area contributed by atoms with Crippen LogP contribution in [0.4, 0.5) is 0 Å². The van der Waals surface area contributed by atoms with Gasteiger partial charge in [-0.15, -0.1) is 0 Å². The second-order valence-electron chi connectivity index (χ2n) is 1.53. The maximum absolute atomic E-state index is 4.97. The maximum atomic E-state index is 4.97. The number of nitrogens with one attached hydrogen (secondary N) is 1. The van der Waals surface area contributed by atoms with Crippen molar-refractivity contribution in [3.05, 3.63) is 12.7 Å². The number of methoxy groups -OCH3 is 2. The van der Waals surface area contributed by atoms with Gasteiger partial charge in [0.15, 0.2) is 0 Å². The molecule has 0 aromatic carbocycles. The Morgan fingerprint density at radius 1 is 1.56 bits per heavy atom. The Morgan fingerprint density at radius 2 is 2.00 bits per heavy atom. The van der Waals surface area contributed by atoms with Crippen molar-refractivity contribution in [2.24, 2.45) is 0 Å². The molecule has 0 aliphatic carbocycles. The predicted octanol–water partition coefficient (Wildman–Crippen LogP) is -1.01. The van der Waals surface area contributed by atoms with Crippen LogP contribution in [0, 0.1) is 0 Å². The van der Waals surface area contributed by atoms with Crippen molar-refractivity contribution in [3.63, 3.8) is 0 Å². The summed E-state index contributed by atoms with van der Waals surface area (Å²) in [6.45, 7) is 3.56. The molecule has 9 heavy (non-hydrogen) atoms. The number of ether oxygens (including phenoxy) is 2. The molecule has 0 aromatic rings. The van der Waals surface area contributed by atoms with E-state index in [1.54, 1.807) is 20.3 Å². The summed E-state index contributed by atoms with van der Waals surface area (Å²) in [6, 6.07) is 0. The third kappa shape index (κ3) is 1.91. The second kappa shape index (κ2) is 3.79. The smallest absolute Gasteiger partial charge is 0.240 e. The Balaban J connectivity index is 3.98. The minimum Gasteiger partial charge on any atom is -0.338 e. The van der Waals surface area contributed by atoms with Crippen LogP contribution >= 0.6 is 0 Å². The fourth-order valence-electron chi connectivity index (χ4n) is 0.556. The summed E-state index contributed by atoms with van der Waals surface area (Å²) in [5.74, 6) is -0.758. The van der Waals surface area contributed by atoms with E-state index in [4.69, 9.17) is 9.47 Å². The van der Waals surface area contributed by atoms with Gasteiger partial charge in [-0.25, -0.2) is 0 Å². The lowest BCUT2D eigenvalue weighted by atomic mass is 10.5. The largest absolute Gasteiger partial charge is 0.338 e. The van der Waals surface area contributed by atoms with E-state index in [9.17, 15) is 0 Å². The summed E-state index contributed by atoms with van der Waals surface area (Å²) in [7, 11) is 3.93. The predicted molar refractivity (Wildman–Crippen MR) is 40.0 cm³/mol. The molecule has 0 unspecified atom stereocenters. The van der Waals surface area contributed by atoms with Gasteiger partial charge in [-0.1, -0.05) is 6.58 Å². The van der Waals surface area contributed by atoms with Gasteiger partial charge in [0.1, 0.15) is 0 Å². The third-order valence-corrected chi connectivity index (χ3v) is 1.92. The van der Waals surface area contributed by atoms with Gasteiger partial charge in [-0.05, 0) is 6.08 Å². The SMILES string of the molecule is C=CC(N[SiH3])(OC)OC. The first kappa shape index (κ1) is 8.84. The molecule has 4 heteroatoms. The van der Waals surface area contributed by atoms with Crippen molar-refractivity contribution >= 4 is 10.4 Å². The molecule has 0 rings (SSSR count). The second-order valence-corrected chi connectivity index (χ2v) is 2.03. The highest BCUT2D eigenvalue weighted by Crippen LogP contribution is 2.05. The fourth-order valence-corrected chi connectivity index (χ4v) is 1.17. The minimum absolute atomic E-state index is 0.758. The Bertz CT molecular complexity index is 84.7. The topological polar surface area (TPSA) is 30.5 Å². The van der Waals surface area contributed by atoms with Crippen molar-refractivity contribution in [1.29, 1.82) is 0 Å². The van der Waals surface area contributed by atoms with Crippen LogP contribution in [0.5, 0.6) is 0 Å². The molecule has 0 amide bonds. The van der Waals surface area contributed by atoms with Gasteiger partial charge in [0.25, 0.3) is 0 Å². The summed E-state index contributed by atoms with van der Waals surface area (Å²) < 4.78 is 9.94. The number of rotatable bonds is 4. The van der Waals surface area contributed by atoms with Gasteiger partial charge in [-0.2, -0.15) is 0 Å². The highest BCUT2D eigenvalue weighted by molar-refractivity contribution is 6.04. The first-order valence-electron chi connectivity index (χ1n) is 2.67. The molecule has 0 fully saturated rings. The summed E-state index contributed by atoms with van der Waals surface area (Å²) in [6.07, 6.45) is 1.58. The van der Waals surface area contributed by atoms with Crippen LogP contribution in [0.25, 0.3) is 0 Å². The minimum atomic E-state index is -0.758. The van der Waals surface area contributed by atoms with Crippen LogP contribution in [0.3, 0.4) is 0 Å². The van der Waals surface area contributed by atoms with Crippen LogP contribution < -0.4 is 4.98 Å². The van der Waals surface area contributed by atoms with E-state index in [0.717, 1.165) is 10.4 Å². The average molecular weight is 147 g/mol. The molecule has 0 aliphatic rings. The van der Waals surface area contributed by atoms with Gasteiger partial charge in [-0.3, -0.25) is 4.98 Å². The zero-order valence-electron chi connectivity index (χ0n) is 6.10. The highest BCUT2D eigenvalue weighted by atomic mass is 28.2. The first-order valence-corrected chi connectivity index (χ1v) is 3.67. The van der Waals surface area contributed by atoms with Crippen molar-refractivity contribution in [2.45, 2.75) is 5.91 Å². The molecule has 0 bridgehead atoms. The van der Waals surface area contributed by atoms with E-state index < -0.39 is 5.91 Å². The molecule has 0 heterocycles. The Morgan fingerprint density at radius 3 is 2.00 bits per heavy atom. The van der Waals surface area contributed by atoms with Crippen molar-refractivity contribution in [1.82, 2.24) is 4.98 Å². The molecular weight excluding hydrogens is 134 g/mol. The molecule has 54 valence electrons. The zero-order valence-corrected chi connectivity index (χ0v) is 8.10. The molecule has 0 spiro atoms. The normalized spacial score (nSPS) is 11.8. The van der Waals surface area contributed by atoms with Crippen molar-refractivity contribution in [3.8, 4) is 0 Å². The summed E-state index contributed by atoms with van der Waals surface area (Å²) >= 11 is 0. The molecule has 0 atom stereocenters. The van der Waals surface area contributed by atoms with Crippen molar-refractivity contribution in [2.75, 3.05) is 14.2 Å². The van der Waals surface area contributed by atoms with Crippen LogP contribution in [0.15, 0.2) is 12.7 Å². The number of hydrogen-bond acceptors (Lipinski definition) is 3. The molecule has 0 radical (unpaired) electrons. The van der Waals surface area contributed by atoms with Gasteiger partial charge in [0.05, 0.1) is 10.4 Å². The van der Waals surface area contributed by atoms with Gasteiger partial charge >= 0.3 is 0 Å². The zero-order chi connectivity index (χ0) is 7.33. The van der Waals surface area contributed by atoms with E-state index in [2.05, 4.69) is 11.6 Å². The van der Waals surface area contributed by atoms with E-state index in [0.29, 0.717) is 0 Å². The molecule has 0 aromatic heterocycles. The molecule has 0 saturated carbocycles. The van der Waals surface area contributed by atoms with E-state index in [-0.39, 0.29) is 0 Å². The van der Waals surface area contributed by atoms with E-state index in [1.165, 1.54) is 0 Å². The monoisotopic (exact) mass is 147 g/mol.